The van der Waals surface area contributed by atoms with Gasteiger partial charge in [0.1, 0.15) is 12.0 Å². The van der Waals surface area contributed by atoms with Gasteiger partial charge in [-0.25, -0.2) is 14.4 Å². The minimum atomic E-state index is -0.479. The van der Waals surface area contributed by atoms with Gasteiger partial charge in [0.25, 0.3) is 0 Å². The molecule has 2 aromatic rings. The van der Waals surface area contributed by atoms with Crippen LogP contribution in [0.5, 0.6) is 0 Å². The summed E-state index contributed by atoms with van der Waals surface area (Å²) in [5.74, 6) is -0.479. The molecule has 2 N–H and O–H groups in total. The largest absolute Gasteiger partial charge is 0.325 e. The quantitative estimate of drug-likeness (QED) is 0.796. The number of hydrogen-bond donors (Lipinski definition) is 1. The second-order valence-electron chi connectivity index (χ2n) is 2.93. The number of nitrogens with two attached hydrogens (primary N) is 1. The predicted octanol–water partition coefficient (Wildman–Crippen LogP) is 1.14. The molecule has 5 heteroatoms. The summed E-state index contributed by atoms with van der Waals surface area (Å²) in [7, 11) is 0. The van der Waals surface area contributed by atoms with Crippen LogP contribution in [0.15, 0.2) is 30.9 Å². The number of aromatic nitrogens is 3. The standard InChI is InChI=1S/C10H9FN4/c11-9-8(4-12)14-6-15-10(9)7-2-1-3-13-5-7/h1-3,5-6H,4,12H2. The van der Waals surface area contributed by atoms with Crippen molar-refractivity contribution in [3.63, 3.8) is 0 Å². The molecule has 0 saturated heterocycles. The van der Waals surface area contributed by atoms with Gasteiger partial charge in [0.2, 0.25) is 0 Å². The van der Waals surface area contributed by atoms with Crippen molar-refractivity contribution >= 4 is 0 Å². The molecule has 0 unspecified atom stereocenters. The van der Waals surface area contributed by atoms with Crippen LogP contribution in [-0.2, 0) is 6.54 Å². The van der Waals surface area contributed by atoms with Crippen molar-refractivity contribution in [1.29, 1.82) is 0 Å². The van der Waals surface area contributed by atoms with E-state index >= 15 is 0 Å². The normalized spacial score (nSPS) is 10.3. The summed E-state index contributed by atoms with van der Waals surface area (Å²) in [4.78, 5) is 11.5. The molecule has 0 aromatic carbocycles. The highest BCUT2D eigenvalue weighted by Crippen LogP contribution is 2.19. The van der Waals surface area contributed by atoms with Crippen molar-refractivity contribution in [2.24, 2.45) is 5.73 Å². The fraction of sp³-hybridized carbons (Fsp3) is 0.100. The van der Waals surface area contributed by atoms with Gasteiger partial charge in [0.05, 0.1) is 5.69 Å². The summed E-state index contributed by atoms with van der Waals surface area (Å²) in [5.41, 5.74) is 6.42. The predicted molar refractivity (Wildman–Crippen MR) is 53.1 cm³/mol. The van der Waals surface area contributed by atoms with Gasteiger partial charge in [-0.2, -0.15) is 0 Å². The fourth-order valence-corrected chi connectivity index (χ4v) is 1.25. The van der Waals surface area contributed by atoms with Crippen molar-refractivity contribution in [3.8, 4) is 11.3 Å². The van der Waals surface area contributed by atoms with E-state index in [2.05, 4.69) is 15.0 Å². The average molecular weight is 204 g/mol. The smallest absolute Gasteiger partial charge is 0.172 e. The molecule has 2 heterocycles. The van der Waals surface area contributed by atoms with Crippen LogP contribution in [0.3, 0.4) is 0 Å². The van der Waals surface area contributed by atoms with E-state index < -0.39 is 5.82 Å². The molecule has 0 fully saturated rings. The molecule has 4 nitrogen and oxygen atoms in total. The lowest BCUT2D eigenvalue weighted by atomic mass is 10.2. The van der Waals surface area contributed by atoms with E-state index in [1.54, 1.807) is 24.5 Å². The van der Waals surface area contributed by atoms with Crippen LogP contribution in [0.25, 0.3) is 11.3 Å². The molecular formula is C10H9FN4. The monoisotopic (exact) mass is 204 g/mol. The molecule has 0 aliphatic heterocycles. The third-order valence-electron chi connectivity index (χ3n) is 1.99. The van der Waals surface area contributed by atoms with Gasteiger partial charge in [0.15, 0.2) is 5.82 Å². The number of halogens is 1. The first-order valence-corrected chi connectivity index (χ1v) is 4.42. The van der Waals surface area contributed by atoms with Crippen molar-refractivity contribution < 1.29 is 4.39 Å². The number of hydrogen-bond acceptors (Lipinski definition) is 4. The molecular weight excluding hydrogens is 195 g/mol. The SMILES string of the molecule is NCc1ncnc(-c2cccnc2)c1F. The molecule has 0 atom stereocenters. The highest BCUT2D eigenvalue weighted by molar-refractivity contribution is 5.58. The molecule has 76 valence electrons. The van der Waals surface area contributed by atoms with Crippen molar-refractivity contribution in [2.75, 3.05) is 0 Å². The Bertz CT molecular complexity index is 458. The van der Waals surface area contributed by atoms with E-state index in [0.29, 0.717) is 5.56 Å². The van der Waals surface area contributed by atoms with E-state index in [-0.39, 0.29) is 17.9 Å². The summed E-state index contributed by atoms with van der Waals surface area (Å²) in [6.45, 7) is 0.0572. The van der Waals surface area contributed by atoms with Crippen LogP contribution >= 0.6 is 0 Å². The summed E-state index contributed by atoms with van der Waals surface area (Å²) in [6.07, 6.45) is 4.46. The minimum absolute atomic E-state index is 0.0572. The zero-order chi connectivity index (χ0) is 10.7. The van der Waals surface area contributed by atoms with Crippen LogP contribution in [0, 0.1) is 5.82 Å². The molecule has 0 spiro atoms. The first kappa shape index (κ1) is 9.67. The maximum atomic E-state index is 13.7. The number of nitrogens with zero attached hydrogens (tertiary/aromatic N) is 3. The lowest BCUT2D eigenvalue weighted by molar-refractivity contribution is 0.596. The molecule has 0 aliphatic carbocycles. The molecule has 2 rings (SSSR count). The highest BCUT2D eigenvalue weighted by atomic mass is 19.1. The molecule has 2 aromatic heterocycles. The fourth-order valence-electron chi connectivity index (χ4n) is 1.25. The first-order chi connectivity index (χ1) is 7.33. The summed E-state index contributed by atoms with van der Waals surface area (Å²) in [6, 6.07) is 3.46. The Labute approximate surface area is 86.0 Å². The van der Waals surface area contributed by atoms with E-state index in [9.17, 15) is 4.39 Å². The third kappa shape index (κ3) is 1.82. The van der Waals surface area contributed by atoms with E-state index in [4.69, 9.17) is 5.73 Å². The van der Waals surface area contributed by atoms with Gasteiger partial charge in [-0.05, 0) is 12.1 Å². The molecule has 0 bridgehead atoms. The second kappa shape index (κ2) is 4.10. The lowest BCUT2D eigenvalue weighted by Crippen LogP contribution is -2.05. The van der Waals surface area contributed by atoms with Gasteiger partial charge in [-0.15, -0.1) is 0 Å². The number of rotatable bonds is 2. The molecule has 15 heavy (non-hydrogen) atoms. The van der Waals surface area contributed by atoms with Crippen molar-refractivity contribution in [2.45, 2.75) is 6.54 Å². The first-order valence-electron chi connectivity index (χ1n) is 4.42. The Morgan fingerprint density at radius 3 is 2.87 bits per heavy atom. The van der Waals surface area contributed by atoms with Crippen molar-refractivity contribution in [1.82, 2.24) is 15.0 Å². The zero-order valence-corrected chi connectivity index (χ0v) is 7.89. The Balaban J connectivity index is 2.54. The van der Waals surface area contributed by atoms with E-state index in [0.717, 1.165) is 0 Å². The van der Waals surface area contributed by atoms with Gasteiger partial charge in [0, 0.05) is 24.5 Å². The Morgan fingerprint density at radius 2 is 2.20 bits per heavy atom. The van der Waals surface area contributed by atoms with Gasteiger partial charge >= 0.3 is 0 Å². The maximum Gasteiger partial charge on any atom is 0.172 e. The molecule has 0 aliphatic rings. The van der Waals surface area contributed by atoms with Gasteiger partial charge < -0.3 is 5.73 Å². The zero-order valence-electron chi connectivity index (χ0n) is 7.89. The second-order valence-corrected chi connectivity index (χ2v) is 2.93. The Kier molecular flexibility index (Phi) is 2.64. The van der Waals surface area contributed by atoms with Crippen LogP contribution < -0.4 is 5.73 Å². The topological polar surface area (TPSA) is 64.7 Å². The van der Waals surface area contributed by atoms with E-state index in [1.807, 2.05) is 0 Å². The minimum Gasteiger partial charge on any atom is -0.325 e. The summed E-state index contributed by atoms with van der Waals surface area (Å²) < 4.78 is 13.7. The highest BCUT2D eigenvalue weighted by Gasteiger charge is 2.11. The Hall–Kier alpha value is -1.88. The molecule has 0 amide bonds. The summed E-state index contributed by atoms with van der Waals surface area (Å²) in [5, 5.41) is 0. The van der Waals surface area contributed by atoms with Crippen molar-refractivity contribution in [3.05, 3.63) is 42.4 Å². The maximum absolute atomic E-state index is 13.7. The van der Waals surface area contributed by atoms with E-state index in [1.165, 1.54) is 6.33 Å². The van der Waals surface area contributed by atoms with Crippen LogP contribution in [0.4, 0.5) is 4.39 Å². The number of pyridine rings is 1. The van der Waals surface area contributed by atoms with Crippen LogP contribution in [-0.4, -0.2) is 15.0 Å². The van der Waals surface area contributed by atoms with Gasteiger partial charge in [-0.3, -0.25) is 4.98 Å². The molecule has 0 saturated carbocycles. The van der Waals surface area contributed by atoms with Gasteiger partial charge in [-0.1, -0.05) is 0 Å². The van der Waals surface area contributed by atoms with Crippen LogP contribution in [0.1, 0.15) is 5.69 Å². The third-order valence-corrected chi connectivity index (χ3v) is 1.99. The summed E-state index contributed by atoms with van der Waals surface area (Å²) >= 11 is 0. The molecule has 0 radical (unpaired) electrons. The Morgan fingerprint density at radius 1 is 1.33 bits per heavy atom. The average Bonchev–Trinajstić information content (AvgIpc) is 2.30. The van der Waals surface area contributed by atoms with Crippen LogP contribution in [0.2, 0.25) is 0 Å². The lowest BCUT2D eigenvalue weighted by Gasteiger charge is -2.04.